The Morgan fingerprint density at radius 3 is 1.36 bits per heavy atom. The van der Waals surface area contributed by atoms with Crippen LogP contribution in [0.3, 0.4) is 0 Å². The quantitative estimate of drug-likeness (QED) is 0.245. The first-order valence-electron chi connectivity index (χ1n) is 13.9. The Morgan fingerprint density at radius 1 is 0.694 bits per heavy atom. The molecular formula is C27H57N3OSi4Sn. The van der Waals surface area contributed by atoms with Crippen LogP contribution in [0, 0.1) is 0 Å². The third-order valence-electron chi connectivity index (χ3n) is 6.84. The number of para-hydroxylation sites is 1. The van der Waals surface area contributed by atoms with Gasteiger partial charge in [-0.2, -0.15) is 0 Å². The third-order valence-corrected chi connectivity index (χ3v) is 58.8. The zero-order valence-corrected chi connectivity index (χ0v) is 33.4. The molecule has 0 aromatic heterocycles. The Hall–Kier alpha value is 0.146. The summed E-state index contributed by atoms with van der Waals surface area (Å²) in [5.74, 6) is 0.932. The van der Waals surface area contributed by atoms with E-state index in [1.165, 1.54) is 16.8 Å². The van der Waals surface area contributed by atoms with E-state index in [0.717, 1.165) is 6.54 Å². The van der Waals surface area contributed by atoms with Gasteiger partial charge in [0.25, 0.3) is 0 Å². The van der Waals surface area contributed by atoms with E-state index in [-0.39, 0.29) is 0 Å². The predicted molar refractivity (Wildman–Crippen MR) is 175 cm³/mol. The van der Waals surface area contributed by atoms with Crippen LogP contribution in [0.1, 0.15) is 50.7 Å². The molecule has 0 spiro atoms. The van der Waals surface area contributed by atoms with Crippen LogP contribution in [-0.2, 0) is 3.07 Å². The fourth-order valence-corrected chi connectivity index (χ4v) is 72.5. The van der Waals surface area contributed by atoms with Crippen LogP contribution in [0.4, 0.5) is 5.69 Å². The van der Waals surface area contributed by atoms with Crippen LogP contribution in [-0.4, -0.2) is 64.0 Å². The molecule has 0 saturated heterocycles. The number of benzene rings is 1. The van der Waals surface area contributed by atoms with Crippen molar-refractivity contribution in [2.45, 2.75) is 118 Å². The summed E-state index contributed by atoms with van der Waals surface area (Å²) >= 11 is -3.99. The van der Waals surface area contributed by atoms with Crippen molar-refractivity contribution >= 4 is 58.2 Å². The number of hydrogen-bond donors (Lipinski definition) is 0. The molecule has 0 bridgehead atoms. The summed E-state index contributed by atoms with van der Waals surface area (Å²) in [6.07, 6.45) is 4.41. The first kappa shape index (κ1) is 32.4. The molecule has 2 rings (SSSR count). The molecule has 0 amide bonds. The number of hydrogen-bond acceptors (Lipinski definition) is 4. The van der Waals surface area contributed by atoms with E-state index in [1.54, 1.807) is 0 Å². The van der Waals surface area contributed by atoms with Gasteiger partial charge in [0.1, 0.15) is 0 Å². The molecule has 0 N–H and O–H groups in total. The van der Waals surface area contributed by atoms with Gasteiger partial charge < -0.3 is 0 Å². The topological polar surface area (TPSA) is 19.0 Å². The summed E-state index contributed by atoms with van der Waals surface area (Å²) in [4.78, 5) is 0. The molecule has 1 aromatic carbocycles. The zero-order valence-electron chi connectivity index (χ0n) is 26.5. The number of rotatable bonds is 9. The molecule has 1 aromatic rings. The number of anilines is 1. The first-order valence-corrected chi connectivity index (χ1v) is 32.7. The average molecular weight is 671 g/mol. The maximum absolute atomic E-state index is 7.48. The van der Waals surface area contributed by atoms with Gasteiger partial charge in [-0.15, -0.1) is 0 Å². The van der Waals surface area contributed by atoms with Crippen molar-refractivity contribution in [2.75, 3.05) is 9.67 Å². The Morgan fingerprint density at radius 2 is 1.06 bits per heavy atom. The SMILES string of the molecule is CC(C)c1cccc(C(C)C)c1[N]1CC=C[O][Sn]1([N]([Si](C)(C)C)[Si](C)(C)C)[N]([Si](C)(C)C)[Si](C)(C)C. The Labute approximate surface area is 234 Å². The standard InChI is InChI=1S/C15H22NO.2C6H18NSi2.Sn/c1-11(2)13-7-5-8-14(12(3)4)15(13)16-9-6-10-17;2*1-8(2,3)7-9(4,5)6;/h5-8,10-12,17H,9H2,1-4H3;2*1-6H3;/q3*-1;+4/p-1. The van der Waals surface area contributed by atoms with Crippen LogP contribution >= 0.6 is 0 Å². The first-order chi connectivity index (χ1) is 16.1. The Bertz CT molecular complexity index is 854. The monoisotopic (exact) mass is 671 g/mol. The summed E-state index contributed by atoms with van der Waals surface area (Å²) in [5.41, 5.74) is 4.46. The van der Waals surface area contributed by atoms with Gasteiger partial charge in [0.05, 0.1) is 0 Å². The van der Waals surface area contributed by atoms with Crippen molar-refractivity contribution < 1.29 is 3.07 Å². The second kappa shape index (κ2) is 11.0. The second-order valence-corrected chi connectivity index (χ2v) is 48.3. The minimum atomic E-state index is -3.99. The van der Waals surface area contributed by atoms with Gasteiger partial charge in [-0.25, -0.2) is 0 Å². The molecule has 0 saturated carbocycles. The fourth-order valence-electron chi connectivity index (χ4n) is 6.74. The molecule has 4 nitrogen and oxygen atoms in total. The van der Waals surface area contributed by atoms with Gasteiger partial charge in [-0.05, 0) is 0 Å². The second-order valence-electron chi connectivity index (χ2n) is 15.1. The van der Waals surface area contributed by atoms with Gasteiger partial charge in [-0.3, -0.25) is 0 Å². The fraction of sp³-hybridized carbons (Fsp3) is 0.704. The van der Waals surface area contributed by atoms with Gasteiger partial charge in [-0.1, -0.05) is 0 Å². The summed E-state index contributed by atoms with van der Waals surface area (Å²) in [7, 11) is -7.10. The van der Waals surface area contributed by atoms with E-state index >= 15 is 0 Å². The molecule has 36 heavy (non-hydrogen) atoms. The molecule has 0 atom stereocenters. The van der Waals surface area contributed by atoms with Crippen LogP contribution < -0.4 is 3.12 Å². The van der Waals surface area contributed by atoms with Crippen molar-refractivity contribution in [1.29, 1.82) is 0 Å². The molecule has 0 radical (unpaired) electrons. The van der Waals surface area contributed by atoms with E-state index in [2.05, 4.69) is 145 Å². The predicted octanol–water partition coefficient (Wildman–Crippen LogP) is 8.66. The summed E-state index contributed by atoms with van der Waals surface area (Å²) in [5, 5.41) is 0. The summed E-state index contributed by atoms with van der Waals surface area (Å²) in [6, 6.07) is 7.07. The van der Waals surface area contributed by atoms with E-state index in [4.69, 9.17) is 3.07 Å². The van der Waals surface area contributed by atoms with Crippen LogP contribution in [0.5, 0.6) is 0 Å². The normalized spacial score (nSPS) is 17.5. The Kier molecular flexibility index (Phi) is 9.85. The van der Waals surface area contributed by atoms with Crippen LogP contribution in [0.2, 0.25) is 78.6 Å². The van der Waals surface area contributed by atoms with Crippen LogP contribution in [0.25, 0.3) is 0 Å². The van der Waals surface area contributed by atoms with Gasteiger partial charge >= 0.3 is 236 Å². The molecule has 0 fully saturated rings. The van der Waals surface area contributed by atoms with E-state index in [1.807, 2.05) is 0 Å². The van der Waals surface area contributed by atoms with Crippen molar-refractivity contribution in [3.05, 3.63) is 41.7 Å². The zero-order chi connectivity index (χ0) is 28.1. The summed E-state index contributed by atoms with van der Waals surface area (Å²) in [6.45, 7) is 41.3. The summed E-state index contributed by atoms with van der Waals surface area (Å²) < 4.78 is 16.7. The average Bonchev–Trinajstić information content (AvgIpc) is 2.62. The minimum absolute atomic E-state index is 0.466. The van der Waals surface area contributed by atoms with Gasteiger partial charge in [0, 0.05) is 0 Å². The number of nitrogens with zero attached hydrogens (tertiary/aromatic N) is 3. The maximum atomic E-state index is 7.48. The molecule has 206 valence electrons. The molecule has 9 heteroatoms. The Balaban J connectivity index is 3.20. The van der Waals surface area contributed by atoms with E-state index in [0.29, 0.717) is 11.8 Å². The van der Waals surface area contributed by atoms with Crippen molar-refractivity contribution in [2.24, 2.45) is 0 Å². The molecule has 0 unspecified atom stereocenters. The van der Waals surface area contributed by atoms with E-state index < -0.39 is 52.6 Å². The van der Waals surface area contributed by atoms with Crippen LogP contribution in [0.15, 0.2) is 30.5 Å². The third kappa shape index (κ3) is 6.47. The molecular weight excluding hydrogens is 613 g/mol. The van der Waals surface area contributed by atoms with Crippen molar-refractivity contribution in [3.63, 3.8) is 0 Å². The van der Waals surface area contributed by atoms with E-state index in [9.17, 15) is 0 Å². The molecule has 0 aliphatic carbocycles. The van der Waals surface area contributed by atoms with Crippen molar-refractivity contribution in [1.82, 2.24) is 4.91 Å². The molecule has 1 aliphatic rings. The molecule has 1 aliphatic heterocycles. The molecule has 1 heterocycles. The van der Waals surface area contributed by atoms with Crippen molar-refractivity contribution in [3.8, 4) is 0 Å². The van der Waals surface area contributed by atoms with Gasteiger partial charge in [0.2, 0.25) is 0 Å². The van der Waals surface area contributed by atoms with Gasteiger partial charge in [0.15, 0.2) is 0 Å².